The molecular weight excluding hydrogens is 828 g/mol. The van der Waals surface area contributed by atoms with Gasteiger partial charge < -0.3 is 14.5 Å². The van der Waals surface area contributed by atoms with Crippen LogP contribution in [0.1, 0.15) is 99.9 Å². The van der Waals surface area contributed by atoms with Gasteiger partial charge in [-0.2, -0.15) is 52.3 Å². The molecule has 328 valence electrons. The summed E-state index contributed by atoms with van der Waals surface area (Å²) in [5.41, 5.74) is 1.63. The number of ketones is 2. The molecule has 1 saturated carbocycles. The highest BCUT2D eigenvalue weighted by Gasteiger charge is 2.65. The lowest BCUT2D eigenvalue weighted by Crippen LogP contribution is -2.53. The molecule has 3 aromatic rings. The predicted octanol–water partition coefficient (Wildman–Crippen LogP) is 12.0. The molecule has 0 aliphatic heterocycles. The Morgan fingerprint density at radius 2 is 1.46 bits per heavy atom. The van der Waals surface area contributed by atoms with Gasteiger partial charge in [-0.3, -0.25) is 14.1 Å². The number of fused-ring (bicyclic) bond motifs is 2. The molecule has 0 spiro atoms. The Morgan fingerprint density at radius 1 is 0.847 bits per heavy atom. The van der Waals surface area contributed by atoms with Gasteiger partial charge in [-0.15, -0.1) is 0 Å². The van der Waals surface area contributed by atoms with Crippen LogP contribution in [0.15, 0.2) is 72.5 Å². The van der Waals surface area contributed by atoms with Crippen LogP contribution >= 0.6 is 0 Å². The van der Waals surface area contributed by atoms with Gasteiger partial charge in [-0.25, -0.2) is 0 Å². The first-order valence-electron chi connectivity index (χ1n) is 18.8. The molecule has 59 heavy (non-hydrogen) atoms. The highest BCUT2D eigenvalue weighted by molar-refractivity contribution is 7.86. The van der Waals surface area contributed by atoms with Gasteiger partial charge in [0.05, 0.1) is 6.61 Å². The summed E-state index contributed by atoms with van der Waals surface area (Å²) in [6.07, 6.45) is -2.13. The van der Waals surface area contributed by atoms with Crippen molar-refractivity contribution >= 4 is 38.7 Å². The Balaban J connectivity index is 0.000000249. The number of carbonyl (C=O) groups is 2. The summed E-state index contributed by atoms with van der Waals surface area (Å²) in [7, 11) is -6.33. The van der Waals surface area contributed by atoms with Crippen molar-refractivity contribution in [1.29, 1.82) is 0 Å². The first-order chi connectivity index (χ1) is 27.6. The first kappa shape index (κ1) is 49.0. The molecule has 5 rings (SSSR count). The molecule has 2 unspecified atom stereocenters. The fourth-order valence-corrected chi connectivity index (χ4v) is 7.06. The zero-order valence-electron chi connectivity index (χ0n) is 31.9. The molecule has 0 amide bonds. The molecule has 2 aliphatic carbocycles. The van der Waals surface area contributed by atoms with Crippen molar-refractivity contribution in [2.45, 2.75) is 108 Å². The SMILES string of the molecule is CCCCCCCCC(COC(=C(F)F)C(F)(F)F)C1CCCCC1.O=C1C=Cc2ccccc2C1=O.O=S(=O)(O)C(F)(F)C(Oc1cc2ccccc2[nH]1)C(F)(F)F. The molecule has 0 bridgehead atoms. The summed E-state index contributed by atoms with van der Waals surface area (Å²) >= 11 is 0. The van der Waals surface area contributed by atoms with Crippen molar-refractivity contribution in [2.24, 2.45) is 11.8 Å². The van der Waals surface area contributed by atoms with E-state index in [0.717, 1.165) is 69.4 Å². The van der Waals surface area contributed by atoms with Gasteiger partial charge in [0.2, 0.25) is 11.6 Å². The number of allylic oxidation sites excluding steroid dienone is 2. The summed E-state index contributed by atoms with van der Waals surface area (Å²) < 4.78 is 166. The number of unbranched alkanes of at least 4 members (excludes halogenated alkanes) is 5. The average molecular weight is 874 g/mol. The van der Waals surface area contributed by atoms with Gasteiger partial charge in [-0.1, -0.05) is 126 Å². The lowest BCUT2D eigenvalue weighted by molar-refractivity contribution is -0.239. The molecule has 0 radical (unpaired) electrons. The number of para-hydroxylation sites is 1. The van der Waals surface area contributed by atoms with E-state index < -0.39 is 63.1 Å². The maximum atomic E-state index is 13.3. The average Bonchev–Trinajstić information content (AvgIpc) is 3.58. The van der Waals surface area contributed by atoms with Gasteiger partial charge in [0, 0.05) is 22.5 Å². The van der Waals surface area contributed by atoms with Crippen LogP contribution in [0, 0.1) is 11.8 Å². The topological polar surface area (TPSA) is 123 Å². The van der Waals surface area contributed by atoms with E-state index in [2.05, 4.69) is 21.4 Å². The van der Waals surface area contributed by atoms with Crippen molar-refractivity contribution in [3.63, 3.8) is 0 Å². The van der Waals surface area contributed by atoms with Crippen molar-refractivity contribution in [1.82, 2.24) is 4.98 Å². The molecule has 19 heteroatoms. The van der Waals surface area contributed by atoms with Gasteiger partial charge in [0.15, 0.2) is 5.88 Å². The van der Waals surface area contributed by atoms with Crippen LogP contribution in [0.3, 0.4) is 0 Å². The number of benzene rings is 2. The van der Waals surface area contributed by atoms with E-state index in [9.17, 15) is 61.9 Å². The number of Topliss-reactive ketones (excluding diaryl/α,β-unsaturated/α-hetero) is 1. The van der Waals surface area contributed by atoms with Crippen molar-refractivity contribution < 1.29 is 75.9 Å². The molecule has 2 aliphatic rings. The first-order valence-corrected chi connectivity index (χ1v) is 20.3. The van der Waals surface area contributed by atoms with E-state index in [1.807, 2.05) is 12.1 Å². The number of aromatic nitrogens is 1. The van der Waals surface area contributed by atoms with E-state index in [0.29, 0.717) is 22.4 Å². The molecule has 0 saturated heterocycles. The second-order valence-electron chi connectivity index (χ2n) is 14.0. The predicted molar refractivity (Wildman–Crippen MR) is 199 cm³/mol. The van der Waals surface area contributed by atoms with Crippen molar-refractivity contribution in [3.05, 3.63) is 83.6 Å². The molecule has 2 N–H and O–H groups in total. The highest BCUT2D eigenvalue weighted by atomic mass is 32.2. The largest absolute Gasteiger partial charge is 0.485 e. The lowest BCUT2D eigenvalue weighted by Gasteiger charge is -2.30. The number of H-pyrrole nitrogens is 1. The summed E-state index contributed by atoms with van der Waals surface area (Å²) in [6.45, 7) is 1.89. The third kappa shape index (κ3) is 14.7. The second-order valence-corrected chi connectivity index (χ2v) is 15.5. The minimum Gasteiger partial charge on any atom is -0.485 e. The molecule has 1 aromatic heterocycles. The molecule has 1 heterocycles. The fourth-order valence-electron chi connectivity index (χ4n) is 6.60. The zero-order valence-corrected chi connectivity index (χ0v) is 32.7. The number of hydrogen-bond acceptors (Lipinski definition) is 6. The minimum atomic E-state index is -6.33. The summed E-state index contributed by atoms with van der Waals surface area (Å²) in [5, 5.41) is -5.20. The Kier molecular flexibility index (Phi) is 18.0. The Hall–Kier alpha value is -4.39. The third-order valence-corrected chi connectivity index (χ3v) is 10.6. The third-order valence-electron chi connectivity index (χ3n) is 9.66. The van der Waals surface area contributed by atoms with Crippen LogP contribution in [0.5, 0.6) is 5.88 Å². The maximum absolute atomic E-state index is 13.3. The van der Waals surface area contributed by atoms with Crippen LogP contribution in [-0.2, 0) is 19.6 Å². The van der Waals surface area contributed by atoms with E-state index >= 15 is 0 Å². The monoisotopic (exact) mass is 873 g/mol. The Morgan fingerprint density at radius 3 is 2.05 bits per heavy atom. The number of rotatable bonds is 15. The number of halogens is 10. The minimum absolute atomic E-state index is 0.0665. The lowest BCUT2D eigenvalue weighted by atomic mass is 9.78. The smallest absolute Gasteiger partial charge is 0.454 e. The molecule has 2 atom stereocenters. The maximum Gasteiger partial charge on any atom is 0.454 e. The van der Waals surface area contributed by atoms with Crippen LogP contribution in [-0.4, -0.2) is 59.8 Å². The Labute approximate surface area is 334 Å². The van der Waals surface area contributed by atoms with Crippen LogP contribution in [0.4, 0.5) is 43.9 Å². The second kappa shape index (κ2) is 21.7. The van der Waals surface area contributed by atoms with E-state index in [1.165, 1.54) is 43.5 Å². The molecule has 8 nitrogen and oxygen atoms in total. The van der Waals surface area contributed by atoms with Crippen LogP contribution in [0.25, 0.3) is 17.0 Å². The molecule has 2 aromatic carbocycles. The van der Waals surface area contributed by atoms with E-state index in [-0.39, 0.29) is 12.5 Å². The van der Waals surface area contributed by atoms with Crippen molar-refractivity contribution in [3.8, 4) is 5.88 Å². The molecular formula is C40H45F10NO7S. The zero-order chi connectivity index (χ0) is 44.0. The summed E-state index contributed by atoms with van der Waals surface area (Å²) in [6, 6.07) is 14.1. The van der Waals surface area contributed by atoms with Gasteiger partial charge in [-0.05, 0) is 36.0 Å². The highest BCUT2D eigenvalue weighted by Crippen LogP contribution is 2.39. The number of alkyl halides is 8. The summed E-state index contributed by atoms with van der Waals surface area (Å²) in [4.78, 5) is 24.4. The number of hydrogen-bond donors (Lipinski definition) is 2. The van der Waals surface area contributed by atoms with Crippen molar-refractivity contribution in [2.75, 3.05) is 6.61 Å². The van der Waals surface area contributed by atoms with Gasteiger partial charge in [0.1, 0.15) is 0 Å². The standard InChI is InChI=1S/C19H31F5O.C11H8F5NO4S.C10H6O2/c1-2-3-4-5-6-8-13-16(15-11-9-7-10-12-15)14-25-17(18(20)21)19(22,23)24;12-10(13,14)9(11(15,16)22(18,19)20)21-8-5-6-3-1-2-4-7(6)17-8;11-9-6-5-7-3-1-2-4-8(7)10(9)12/h15-16H,2-14H2,1H3;1-5,9,17H,(H,18,19,20);1-6H. The number of ether oxygens (including phenoxy) is 2. The van der Waals surface area contributed by atoms with E-state index in [1.54, 1.807) is 24.3 Å². The fraction of sp³-hybridized carbons (Fsp3) is 0.500. The van der Waals surface area contributed by atoms with Gasteiger partial charge in [0.25, 0.3) is 11.9 Å². The van der Waals surface area contributed by atoms with E-state index in [4.69, 9.17) is 4.55 Å². The quantitative estimate of drug-likeness (QED) is 0.0512. The summed E-state index contributed by atoms with van der Waals surface area (Å²) in [5.74, 6) is -3.45. The normalized spacial score (nSPS) is 15.9. The number of carbonyl (C=O) groups excluding carboxylic acids is 2. The van der Waals surface area contributed by atoms with Crippen LogP contribution < -0.4 is 4.74 Å². The number of aromatic amines is 1. The van der Waals surface area contributed by atoms with Gasteiger partial charge >= 0.3 is 33.8 Å². The molecule has 1 fully saturated rings. The Bertz CT molecular complexity index is 1970. The number of nitrogens with one attached hydrogen (secondary N) is 1. The van der Waals surface area contributed by atoms with Crippen LogP contribution in [0.2, 0.25) is 0 Å².